The predicted molar refractivity (Wildman–Crippen MR) is 160 cm³/mol. The molecule has 230 valence electrons. The number of aliphatic carboxylic acids is 1. The number of hydrogen-bond acceptors (Lipinski definition) is 5. The minimum Gasteiger partial charge on any atom is -0.338 e. The number of fused-ring (bicyclic) bond motifs is 1. The number of rotatable bonds is 15. The van der Waals surface area contributed by atoms with Gasteiger partial charge in [0, 0.05) is 25.9 Å². The van der Waals surface area contributed by atoms with E-state index in [1.54, 1.807) is 6.20 Å². The Morgan fingerprint density at radius 2 is 1.95 bits per heavy atom. The molecule has 1 aromatic heterocycles. The van der Waals surface area contributed by atoms with Crippen LogP contribution in [0.25, 0.3) is 0 Å². The van der Waals surface area contributed by atoms with Gasteiger partial charge in [-0.05, 0) is 11.6 Å². The van der Waals surface area contributed by atoms with Crippen molar-refractivity contribution in [3.05, 3.63) is 47.5 Å². The van der Waals surface area contributed by atoms with Crippen molar-refractivity contribution in [2.75, 3.05) is 52.0 Å². The van der Waals surface area contributed by atoms with E-state index < -0.39 is 30.3 Å². The van der Waals surface area contributed by atoms with E-state index in [2.05, 4.69) is 37.7 Å². The zero-order valence-corrected chi connectivity index (χ0v) is 27.8. The van der Waals surface area contributed by atoms with E-state index in [-0.39, 0.29) is 24.4 Å². The van der Waals surface area contributed by atoms with Crippen molar-refractivity contribution in [3.8, 4) is 5.75 Å². The molecule has 1 saturated heterocycles. The molecule has 0 radical (unpaired) electrons. The fourth-order valence-electron chi connectivity index (χ4n) is 6.32. The molecule has 8 nitrogen and oxygen atoms in total. The van der Waals surface area contributed by atoms with Gasteiger partial charge in [-0.1, -0.05) is 0 Å². The third kappa shape index (κ3) is 8.46. The Bertz CT molecular complexity index is 1180. The van der Waals surface area contributed by atoms with Gasteiger partial charge in [0.15, 0.2) is 0 Å². The summed E-state index contributed by atoms with van der Waals surface area (Å²) in [6.07, 6.45) is 10.1. The summed E-state index contributed by atoms with van der Waals surface area (Å²) in [7, 11) is 1.97. The van der Waals surface area contributed by atoms with Crippen molar-refractivity contribution in [3.63, 3.8) is 0 Å². The van der Waals surface area contributed by atoms with Crippen LogP contribution >= 0.6 is 0 Å². The molecule has 2 aromatic rings. The van der Waals surface area contributed by atoms with Crippen LogP contribution in [0.5, 0.6) is 5.75 Å². The first-order valence-electron chi connectivity index (χ1n) is 15.1. The van der Waals surface area contributed by atoms with Gasteiger partial charge in [-0.15, -0.1) is 0 Å². The number of carboxylic acids is 1. The van der Waals surface area contributed by atoms with Crippen LogP contribution in [0.4, 0.5) is 0 Å². The van der Waals surface area contributed by atoms with E-state index in [9.17, 15) is 14.7 Å². The number of halogens is 1. The van der Waals surface area contributed by atoms with Crippen molar-refractivity contribution in [2.45, 2.75) is 63.8 Å². The Labute approximate surface area is 250 Å². The molecule has 0 saturated carbocycles. The quantitative estimate of drug-likeness (QED) is 0.171. The number of benzene rings is 1. The molecule has 1 amide bonds. The number of imidazole rings is 1. The minimum absolute atomic E-state index is 0.129. The summed E-state index contributed by atoms with van der Waals surface area (Å²) >= 11 is -1.52. The number of carbonyl (C=O) groups is 2. The van der Waals surface area contributed by atoms with E-state index in [4.69, 9.17) is 4.74 Å². The standard InChI is InChI=1S/C32H50IN4O4/c1-6-7-17-36(18-9-8-15-33(2,3)4)30(38)23-37-22-26(24-10-12-28-25(21-24)14-20-41-28)31(32(39)40)27(37)11-13-29-34-16-19-35(29)5/h10,12,16,19,21,26-27,31H,6-9,11,13-15,17-18,20,22-23H2,1-5H3,(H,39,40)/q-1/t26-,27+,31-/m1/s1. The van der Waals surface area contributed by atoms with Gasteiger partial charge in [0.05, 0.1) is 6.61 Å². The van der Waals surface area contributed by atoms with E-state index in [0.29, 0.717) is 26.0 Å². The van der Waals surface area contributed by atoms with Crippen molar-refractivity contribution in [1.82, 2.24) is 19.4 Å². The summed E-state index contributed by atoms with van der Waals surface area (Å²) in [6, 6.07) is 5.90. The van der Waals surface area contributed by atoms with Gasteiger partial charge < -0.3 is 9.30 Å². The zero-order chi connectivity index (χ0) is 29.6. The summed E-state index contributed by atoms with van der Waals surface area (Å²) in [5.74, 6) is 0.404. The Kier molecular flexibility index (Phi) is 11.1. The molecular formula is C32H50IN4O4-. The number of amides is 1. The fourth-order valence-corrected chi connectivity index (χ4v) is 9.15. The zero-order valence-electron chi connectivity index (χ0n) is 25.6. The molecule has 0 unspecified atom stereocenters. The fraction of sp³-hybridized carbons (Fsp3) is 0.656. The van der Waals surface area contributed by atoms with Gasteiger partial charge >= 0.3 is 187 Å². The number of aryl methyl sites for hydroxylation is 2. The maximum atomic E-state index is 13.8. The van der Waals surface area contributed by atoms with Crippen molar-refractivity contribution in [2.24, 2.45) is 13.0 Å². The molecule has 3 heterocycles. The Balaban J connectivity index is 1.54. The average Bonchev–Trinajstić information content (AvgIpc) is 3.64. The van der Waals surface area contributed by atoms with Crippen LogP contribution in [0.3, 0.4) is 0 Å². The number of hydrogen-bond donors (Lipinski definition) is 1. The SMILES string of the molecule is CCCCN(CCCC[I-](C)(C)C)C(=O)CN1C[C@H](c2ccc3c(c2)CCO3)[C@@H](C(=O)O)[C@@H]1CCc1nccn1C. The van der Waals surface area contributed by atoms with Crippen LogP contribution in [-0.2, 0) is 29.5 Å². The number of nitrogens with zero attached hydrogens (tertiary/aromatic N) is 4. The van der Waals surface area contributed by atoms with Crippen LogP contribution in [0.1, 0.15) is 61.9 Å². The Morgan fingerprint density at radius 3 is 2.63 bits per heavy atom. The Hall–Kier alpha value is -2.14. The third-order valence-corrected chi connectivity index (χ3v) is 12.6. The third-order valence-electron chi connectivity index (χ3n) is 8.61. The minimum atomic E-state index is -1.52. The summed E-state index contributed by atoms with van der Waals surface area (Å²) in [5.41, 5.74) is 2.18. The molecular weight excluding hydrogens is 631 g/mol. The van der Waals surface area contributed by atoms with Crippen LogP contribution in [0.2, 0.25) is 0 Å². The van der Waals surface area contributed by atoms with Crippen LogP contribution < -0.4 is 23.2 Å². The molecule has 9 heteroatoms. The number of ether oxygens (including phenoxy) is 1. The van der Waals surface area contributed by atoms with Crippen LogP contribution in [0, 0.1) is 5.92 Å². The van der Waals surface area contributed by atoms with E-state index >= 15 is 0 Å². The molecule has 3 atom stereocenters. The first-order chi connectivity index (χ1) is 19.6. The van der Waals surface area contributed by atoms with Crippen molar-refractivity contribution in [1.29, 1.82) is 0 Å². The molecule has 1 aromatic carbocycles. The number of likely N-dealkylation sites (tertiary alicyclic amines) is 1. The second-order valence-electron chi connectivity index (χ2n) is 12.5. The van der Waals surface area contributed by atoms with Crippen molar-refractivity contribution >= 4 is 11.9 Å². The number of carboxylic acid groups (broad SMARTS) is 1. The predicted octanol–water partition coefficient (Wildman–Crippen LogP) is 0.915. The number of carbonyl (C=O) groups excluding carboxylic acids is 1. The summed E-state index contributed by atoms with van der Waals surface area (Å²) < 4.78 is 9.02. The average molecular weight is 682 g/mol. The second-order valence-corrected chi connectivity index (χ2v) is 24.6. The normalized spacial score (nSPS) is 21.0. The molecule has 0 aliphatic carbocycles. The first-order valence-corrected chi connectivity index (χ1v) is 23.1. The van der Waals surface area contributed by atoms with Crippen molar-refractivity contribution < 1.29 is 37.9 Å². The van der Waals surface area contributed by atoms with Gasteiger partial charge in [-0.2, -0.15) is 0 Å². The van der Waals surface area contributed by atoms with E-state index in [0.717, 1.165) is 61.5 Å². The molecule has 1 fully saturated rings. The molecule has 41 heavy (non-hydrogen) atoms. The van der Waals surface area contributed by atoms with Gasteiger partial charge in [-0.3, -0.25) is 0 Å². The van der Waals surface area contributed by atoms with Gasteiger partial charge in [0.1, 0.15) is 5.75 Å². The molecule has 4 rings (SSSR count). The first kappa shape index (κ1) is 31.8. The number of aromatic nitrogens is 2. The molecule has 1 N–H and O–H groups in total. The smallest absolute Gasteiger partial charge is 0.338 e. The van der Waals surface area contributed by atoms with Gasteiger partial charge in [0.2, 0.25) is 0 Å². The van der Waals surface area contributed by atoms with Crippen LogP contribution in [-0.4, -0.2) is 94.4 Å². The molecule has 2 aliphatic heterocycles. The van der Waals surface area contributed by atoms with Crippen LogP contribution in [0.15, 0.2) is 30.6 Å². The van der Waals surface area contributed by atoms with E-state index in [1.165, 1.54) is 10.8 Å². The second kappa shape index (κ2) is 14.4. The van der Waals surface area contributed by atoms with Gasteiger partial charge in [-0.25, -0.2) is 4.98 Å². The summed E-state index contributed by atoms with van der Waals surface area (Å²) in [4.78, 5) is 42.7. The molecule has 0 bridgehead atoms. The summed E-state index contributed by atoms with van der Waals surface area (Å²) in [5, 5.41) is 10.5. The topological polar surface area (TPSA) is 87.9 Å². The number of alkyl halides is 4. The Morgan fingerprint density at radius 1 is 1.17 bits per heavy atom. The maximum absolute atomic E-state index is 13.8. The van der Waals surface area contributed by atoms with E-state index in [1.807, 2.05) is 34.8 Å². The van der Waals surface area contributed by atoms with Gasteiger partial charge in [0.25, 0.3) is 0 Å². The summed E-state index contributed by atoms with van der Waals surface area (Å²) in [6.45, 7) is 5.22. The number of unbranched alkanes of at least 4 members (excludes halogenated alkanes) is 2. The monoisotopic (exact) mass is 681 g/mol. The molecule has 2 aliphatic rings. The molecule has 0 spiro atoms.